The average Bonchev–Trinajstić information content (AvgIpc) is 2.97. The minimum absolute atomic E-state index is 0. The van der Waals surface area contributed by atoms with E-state index in [1.54, 1.807) is 0 Å². The van der Waals surface area contributed by atoms with Crippen molar-refractivity contribution in [1.29, 1.82) is 0 Å². The number of nitrogens with zero attached hydrogens (tertiary/aromatic N) is 4. The summed E-state index contributed by atoms with van der Waals surface area (Å²) in [4.78, 5) is 6.87. The van der Waals surface area contributed by atoms with Gasteiger partial charge in [-0.25, -0.2) is 0 Å². The van der Waals surface area contributed by atoms with Crippen molar-refractivity contribution in [3.8, 4) is 0 Å². The minimum Gasteiger partial charge on any atom is -0.376 e. The molecule has 3 rings (SSSR count). The molecule has 1 aliphatic heterocycles. The zero-order valence-corrected chi connectivity index (χ0v) is 22.6. The highest BCUT2D eigenvalue weighted by Gasteiger charge is 2.17. The average molecular weight is 555 g/mol. The molecule has 7 nitrogen and oxygen atoms in total. The number of benzene rings is 1. The molecule has 0 saturated carbocycles. The number of rotatable bonds is 7. The lowest BCUT2D eigenvalue weighted by molar-refractivity contribution is -0.0212. The minimum atomic E-state index is 0. The smallest absolute Gasteiger partial charge is 0.191 e. The fourth-order valence-electron chi connectivity index (χ4n) is 4.21. The van der Waals surface area contributed by atoms with E-state index >= 15 is 0 Å². The van der Waals surface area contributed by atoms with Crippen molar-refractivity contribution in [2.45, 2.75) is 59.4 Å². The molecule has 2 atom stereocenters. The van der Waals surface area contributed by atoms with Crippen LogP contribution in [0.3, 0.4) is 0 Å². The molecule has 1 fully saturated rings. The predicted molar refractivity (Wildman–Crippen MR) is 142 cm³/mol. The van der Waals surface area contributed by atoms with Crippen molar-refractivity contribution in [3.05, 3.63) is 52.3 Å². The van der Waals surface area contributed by atoms with Gasteiger partial charge in [0.2, 0.25) is 0 Å². The van der Waals surface area contributed by atoms with E-state index in [9.17, 15) is 0 Å². The van der Waals surface area contributed by atoms with Crippen LogP contribution in [0.4, 0.5) is 0 Å². The Labute approximate surface area is 210 Å². The lowest BCUT2D eigenvalue weighted by atomic mass is 10.1. The van der Waals surface area contributed by atoms with Crippen molar-refractivity contribution in [1.82, 2.24) is 25.3 Å². The third-order valence-corrected chi connectivity index (χ3v) is 5.96. The molecule has 1 aromatic carbocycles. The van der Waals surface area contributed by atoms with Gasteiger partial charge in [-0.2, -0.15) is 5.10 Å². The Morgan fingerprint density at radius 3 is 2.72 bits per heavy atom. The summed E-state index contributed by atoms with van der Waals surface area (Å²) in [5.74, 6) is 0.819. The van der Waals surface area contributed by atoms with Crippen molar-refractivity contribution < 1.29 is 4.74 Å². The molecule has 8 heteroatoms. The van der Waals surface area contributed by atoms with E-state index in [1.807, 2.05) is 18.8 Å². The second kappa shape index (κ2) is 12.6. The molecule has 1 saturated heterocycles. The summed E-state index contributed by atoms with van der Waals surface area (Å²) in [6.07, 6.45) is 1.23. The van der Waals surface area contributed by atoms with Crippen LogP contribution >= 0.6 is 24.0 Å². The highest BCUT2D eigenvalue weighted by molar-refractivity contribution is 14.0. The second-order valence-electron chi connectivity index (χ2n) is 8.68. The first-order valence-electron chi connectivity index (χ1n) is 11.2. The van der Waals surface area contributed by atoms with Gasteiger partial charge in [0.05, 0.1) is 18.4 Å². The van der Waals surface area contributed by atoms with Crippen molar-refractivity contribution in [2.75, 3.05) is 26.7 Å². The molecule has 0 radical (unpaired) electrons. The van der Waals surface area contributed by atoms with Crippen LogP contribution in [0.2, 0.25) is 0 Å². The van der Waals surface area contributed by atoms with Crippen LogP contribution in [0, 0.1) is 13.8 Å². The van der Waals surface area contributed by atoms with Crippen LogP contribution in [0.15, 0.2) is 29.3 Å². The van der Waals surface area contributed by atoms with Gasteiger partial charge in [0.1, 0.15) is 0 Å². The summed E-state index contributed by atoms with van der Waals surface area (Å²) in [6.45, 7) is 13.0. The summed E-state index contributed by atoms with van der Waals surface area (Å²) >= 11 is 0. The normalized spacial score (nSPS) is 18.2. The summed E-state index contributed by atoms with van der Waals surface area (Å²) < 4.78 is 7.61. The molecule has 1 aromatic heterocycles. The van der Waals surface area contributed by atoms with Crippen molar-refractivity contribution in [3.63, 3.8) is 0 Å². The van der Waals surface area contributed by atoms with Gasteiger partial charge in [-0.15, -0.1) is 24.0 Å². The van der Waals surface area contributed by atoms with Crippen LogP contribution < -0.4 is 10.6 Å². The van der Waals surface area contributed by atoms with Gasteiger partial charge in [-0.05, 0) is 50.8 Å². The van der Waals surface area contributed by atoms with E-state index in [0.717, 1.165) is 50.9 Å². The van der Waals surface area contributed by atoms with Gasteiger partial charge in [0, 0.05) is 52.0 Å². The molecule has 2 unspecified atom stereocenters. The zero-order valence-electron chi connectivity index (χ0n) is 20.3. The third-order valence-electron chi connectivity index (χ3n) is 5.96. The van der Waals surface area contributed by atoms with Crippen LogP contribution in [-0.2, 0) is 31.3 Å². The van der Waals surface area contributed by atoms with Crippen molar-refractivity contribution >= 4 is 29.9 Å². The molecule has 2 N–H and O–H groups in total. The fourth-order valence-corrected chi connectivity index (χ4v) is 4.21. The summed E-state index contributed by atoms with van der Waals surface area (Å²) in [5, 5.41) is 11.5. The van der Waals surface area contributed by atoms with Gasteiger partial charge < -0.3 is 15.4 Å². The summed E-state index contributed by atoms with van der Waals surface area (Å²) in [7, 11) is 3.82. The third kappa shape index (κ3) is 7.45. The molecule has 1 aliphatic rings. The maximum absolute atomic E-state index is 5.65. The lowest BCUT2D eigenvalue weighted by Crippen LogP contribution is -2.42. The highest BCUT2D eigenvalue weighted by Crippen LogP contribution is 2.14. The first-order chi connectivity index (χ1) is 14.9. The maximum Gasteiger partial charge on any atom is 0.191 e. The first-order valence-corrected chi connectivity index (χ1v) is 11.2. The number of guanidine groups is 1. The van der Waals surface area contributed by atoms with E-state index in [0.29, 0.717) is 6.10 Å². The Kier molecular flexibility index (Phi) is 10.4. The van der Waals surface area contributed by atoms with Crippen LogP contribution in [0.25, 0.3) is 0 Å². The van der Waals surface area contributed by atoms with Gasteiger partial charge in [0.15, 0.2) is 5.96 Å². The topological polar surface area (TPSA) is 66.7 Å². The van der Waals surface area contributed by atoms with Crippen LogP contribution in [-0.4, -0.2) is 59.5 Å². The molecule has 0 bridgehead atoms. The quantitative estimate of drug-likeness (QED) is 0.313. The fraction of sp³-hybridized carbons (Fsp3) is 0.583. The van der Waals surface area contributed by atoms with E-state index < -0.39 is 0 Å². The molecular weight excluding hydrogens is 515 g/mol. The van der Waals surface area contributed by atoms with Crippen LogP contribution in [0.5, 0.6) is 0 Å². The number of ether oxygens (including phenoxy) is 1. The number of nitrogens with one attached hydrogen (secondary N) is 2. The van der Waals surface area contributed by atoms with Gasteiger partial charge in [0.25, 0.3) is 0 Å². The van der Waals surface area contributed by atoms with Gasteiger partial charge in [-0.3, -0.25) is 14.6 Å². The molecule has 178 valence electrons. The summed E-state index contributed by atoms with van der Waals surface area (Å²) in [6, 6.07) is 9.05. The maximum atomic E-state index is 5.65. The number of hydrogen-bond donors (Lipinski definition) is 2. The number of morpholine rings is 1. The van der Waals surface area contributed by atoms with Gasteiger partial charge in [-0.1, -0.05) is 24.3 Å². The number of aliphatic imine (C=N–C) groups is 1. The Bertz CT molecular complexity index is 897. The number of hydrogen-bond acceptors (Lipinski definition) is 4. The lowest BCUT2D eigenvalue weighted by Gasteiger charge is -2.31. The van der Waals surface area contributed by atoms with Gasteiger partial charge >= 0.3 is 0 Å². The zero-order chi connectivity index (χ0) is 22.4. The molecule has 2 aromatic rings. The van der Waals surface area contributed by atoms with E-state index in [1.165, 1.54) is 22.4 Å². The Morgan fingerprint density at radius 1 is 1.31 bits per heavy atom. The van der Waals surface area contributed by atoms with E-state index in [-0.39, 0.29) is 30.0 Å². The molecular formula is C24H39IN6O. The Hall–Kier alpha value is -1.65. The summed E-state index contributed by atoms with van der Waals surface area (Å²) in [5.41, 5.74) is 6.23. The monoisotopic (exact) mass is 554 g/mol. The second-order valence-corrected chi connectivity index (χ2v) is 8.68. The number of halogens is 1. The standard InChI is InChI=1S/C24H38N6O.HI/c1-17(12-23-19(3)28-29(6)20(23)4)27-24(25-5)26-14-21-8-7-9-22(13-21)16-30-10-11-31-18(2)15-30;/h7-9,13,17-18H,10-12,14-16H2,1-6H3,(H2,25,26,27);1H. The largest absolute Gasteiger partial charge is 0.376 e. The molecule has 0 aliphatic carbocycles. The molecule has 0 amide bonds. The molecule has 32 heavy (non-hydrogen) atoms. The SMILES string of the molecule is CN=C(NCc1cccc(CN2CCOC(C)C2)c1)NC(C)Cc1c(C)nn(C)c1C.I. The highest BCUT2D eigenvalue weighted by atomic mass is 127. The van der Waals surface area contributed by atoms with E-state index in [4.69, 9.17) is 4.74 Å². The van der Waals surface area contributed by atoms with Crippen LogP contribution in [0.1, 0.15) is 41.9 Å². The first kappa shape index (κ1) is 26.6. The predicted octanol–water partition coefficient (Wildman–Crippen LogP) is 3.17. The molecule has 0 spiro atoms. The molecule has 2 heterocycles. The Morgan fingerprint density at radius 2 is 2.06 bits per heavy atom. The number of aryl methyl sites for hydroxylation is 2. The van der Waals surface area contributed by atoms with E-state index in [2.05, 4.69) is 77.6 Å². The number of aromatic nitrogens is 2. The Balaban J connectivity index is 0.00000363. The van der Waals surface area contributed by atoms with Crippen molar-refractivity contribution in [2.24, 2.45) is 12.0 Å².